The van der Waals surface area contributed by atoms with E-state index in [0.29, 0.717) is 12.5 Å². The molecule has 0 spiro atoms. The minimum atomic E-state index is -0.0739. The summed E-state index contributed by atoms with van der Waals surface area (Å²) in [6.45, 7) is 0.504. The molecular formula is C15H23N5O. The van der Waals surface area contributed by atoms with Crippen LogP contribution in [0.5, 0.6) is 0 Å². The summed E-state index contributed by atoms with van der Waals surface area (Å²) in [5.74, 6) is 3.46. The van der Waals surface area contributed by atoms with E-state index < -0.39 is 0 Å². The van der Waals surface area contributed by atoms with E-state index >= 15 is 0 Å². The molecular weight excluding hydrogens is 266 g/mol. The molecule has 6 nitrogen and oxygen atoms in total. The van der Waals surface area contributed by atoms with Crippen LogP contribution in [-0.4, -0.2) is 38.1 Å². The quantitative estimate of drug-likeness (QED) is 0.843. The Morgan fingerprint density at radius 3 is 2.29 bits per heavy atom. The summed E-state index contributed by atoms with van der Waals surface area (Å²) in [6, 6.07) is 0. The lowest BCUT2D eigenvalue weighted by molar-refractivity contribution is -0.157. The Morgan fingerprint density at radius 1 is 1.24 bits per heavy atom. The molecule has 0 radical (unpaired) electrons. The molecule has 5 rings (SSSR count). The topological polar surface area (TPSA) is 63.9 Å². The van der Waals surface area contributed by atoms with Gasteiger partial charge in [-0.25, -0.2) is 4.68 Å². The molecule has 21 heavy (non-hydrogen) atoms. The summed E-state index contributed by atoms with van der Waals surface area (Å²) in [5, 5.41) is 11.5. The molecule has 0 saturated heterocycles. The van der Waals surface area contributed by atoms with Crippen molar-refractivity contribution in [3.63, 3.8) is 0 Å². The van der Waals surface area contributed by atoms with Crippen molar-refractivity contribution in [3.05, 3.63) is 5.82 Å². The van der Waals surface area contributed by atoms with Gasteiger partial charge >= 0.3 is 0 Å². The third-order valence-corrected chi connectivity index (χ3v) is 5.93. The van der Waals surface area contributed by atoms with Gasteiger partial charge < -0.3 is 4.90 Å². The first-order valence-electron chi connectivity index (χ1n) is 8.02. The van der Waals surface area contributed by atoms with E-state index in [-0.39, 0.29) is 5.41 Å². The van der Waals surface area contributed by atoms with Gasteiger partial charge in [0.1, 0.15) is 0 Å². The molecule has 1 heterocycles. The Labute approximate surface area is 124 Å². The minimum absolute atomic E-state index is 0.0739. The van der Waals surface area contributed by atoms with Gasteiger partial charge in [0.2, 0.25) is 5.91 Å². The van der Waals surface area contributed by atoms with Crippen molar-refractivity contribution in [2.75, 3.05) is 7.05 Å². The molecule has 4 aliphatic rings. The summed E-state index contributed by atoms with van der Waals surface area (Å²) < 4.78 is 1.64. The Hall–Kier alpha value is -1.46. The number of rotatable bonds is 3. The molecule has 1 aromatic rings. The van der Waals surface area contributed by atoms with Crippen LogP contribution in [0, 0.1) is 23.2 Å². The lowest BCUT2D eigenvalue weighted by atomic mass is 9.49. The van der Waals surface area contributed by atoms with Crippen LogP contribution in [0.4, 0.5) is 0 Å². The highest BCUT2D eigenvalue weighted by atomic mass is 16.2. The van der Waals surface area contributed by atoms with Gasteiger partial charge in [-0.15, -0.1) is 5.10 Å². The minimum Gasteiger partial charge on any atom is -0.338 e. The number of hydrogen-bond acceptors (Lipinski definition) is 4. The average Bonchev–Trinajstić information content (AvgIpc) is 2.82. The SMILES string of the molecule is CN(Cc1nnnn1C)C(=O)C12CC3CC(CC(C3)C1)C2. The van der Waals surface area contributed by atoms with Crippen LogP contribution < -0.4 is 0 Å². The average molecular weight is 289 g/mol. The van der Waals surface area contributed by atoms with E-state index in [2.05, 4.69) is 15.5 Å². The van der Waals surface area contributed by atoms with Crippen molar-refractivity contribution in [2.45, 2.75) is 45.1 Å². The molecule has 0 atom stereocenters. The number of tetrazole rings is 1. The van der Waals surface area contributed by atoms with Crippen molar-refractivity contribution in [2.24, 2.45) is 30.2 Å². The van der Waals surface area contributed by atoms with Crippen molar-refractivity contribution < 1.29 is 4.79 Å². The Morgan fingerprint density at radius 2 is 1.81 bits per heavy atom. The third-order valence-electron chi connectivity index (χ3n) is 5.93. The van der Waals surface area contributed by atoms with Crippen LogP contribution in [0.25, 0.3) is 0 Å². The normalized spacial score (nSPS) is 37.0. The summed E-state index contributed by atoms with van der Waals surface area (Å²) in [5.41, 5.74) is -0.0739. The monoisotopic (exact) mass is 289 g/mol. The molecule has 4 aliphatic carbocycles. The molecule has 0 aromatic carbocycles. The second-order valence-electron chi connectivity index (χ2n) is 7.58. The van der Waals surface area contributed by atoms with E-state index in [9.17, 15) is 4.79 Å². The number of carbonyl (C=O) groups excluding carboxylic acids is 1. The smallest absolute Gasteiger partial charge is 0.228 e. The molecule has 0 unspecified atom stereocenters. The van der Waals surface area contributed by atoms with Gasteiger partial charge in [-0.1, -0.05) is 0 Å². The van der Waals surface area contributed by atoms with Crippen LogP contribution in [-0.2, 0) is 18.4 Å². The van der Waals surface area contributed by atoms with E-state index in [1.54, 1.807) is 4.68 Å². The second kappa shape index (κ2) is 4.52. The predicted molar refractivity (Wildman–Crippen MR) is 75.9 cm³/mol. The van der Waals surface area contributed by atoms with Gasteiger partial charge in [-0.3, -0.25) is 4.79 Å². The fraction of sp³-hybridized carbons (Fsp3) is 0.867. The van der Waals surface area contributed by atoms with Gasteiger partial charge in [0, 0.05) is 14.1 Å². The molecule has 4 fully saturated rings. The fourth-order valence-electron chi connectivity index (χ4n) is 5.44. The van der Waals surface area contributed by atoms with E-state index in [0.717, 1.165) is 42.8 Å². The van der Waals surface area contributed by atoms with Crippen molar-refractivity contribution >= 4 is 5.91 Å². The van der Waals surface area contributed by atoms with Crippen molar-refractivity contribution in [3.8, 4) is 0 Å². The van der Waals surface area contributed by atoms with E-state index in [1.165, 1.54) is 19.3 Å². The lowest BCUT2D eigenvalue weighted by Crippen LogP contribution is -2.53. The summed E-state index contributed by atoms with van der Waals surface area (Å²) in [7, 11) is 3.72. The lowest BCUT2D eigenvalue weighted by Gasteiger charge is -2.56. The molecule has 0 aliphatic heterocycles. The maximum absolute atomic E-state index is 13.1. The van der Waals surface area contributed by atoms with Crippen LogP contribution in [0.15, 0.2) is 0 Å². The molecule has 4 bridgehead atoms. The van der Waals surface area contributed by atoms with Gasteiger partial charge in [0.05, 0.1) is 12.0 Å². The molecule has 6 heteroatoms. The number of aromatic nitrogens is 4. The number of hydrogen-bond donors (Lipinski definition) is 0. The van der Waals surface area contributed by atoms with Crippen molar-refractivity contribution in [1.82, 2.24) is 25.1 Å². The van der Waals surface area contributed by atoms with Crippen LogP contribution in [0.1, 0.15) is 44.3 Å². The number of amides is 1. The molecule has 1 aromatic heterocycles. The zero-order valence-electron chi connectivity index (χ0n) is 12.8. The standard InChI is InChI=1S/C15H23N5O/c1-19(9-13-16-17-18-20(13)2)14(21)15-6-10-3-11(7-15)5-12(4-10)8-15/h10-12H,3-9H2,1-2H3. The van der Waals surface area contributed by atoms with E-state index in [1.807, 2.05) is 19.0 Å². The van der Waals surface area contributed by atoms with Gasteiger partial charge in [-0.05, 0) is 66.7 Å². The molecule has 114 valence electrons. The summed E-state index contributed by atoms with van der Waals surface area (Å²) in [6.07, 6.45) is 7.42. The number of aryl methyl sites for hydroxylation is 1. The van der Waals surface area contributed by atoms with Crippen LogP contribution in [0.2, 0.25) is 0 Å². The highest BCUT2D eigenvalue weighted by Crippen LogP contribution is 2.60. The Balaban J connectivity index is 1.53. The zero-order valence-corrected chi connectivity index (χ0v) is 12.8. The van der Waals surface area contributed by atoms with Crippen LogP contribution in [0.3, 0.4) is 0 Å². The Kier molecular flexibility index (Phi) is 2.84. The fourth-order valence-corrected chi connectivity index (χ4v) is 5.44. The maximum Gasteiger partial charge on any atom is 0.228 e. The van der Waals surface area contributed by atoms with Gasteiger partial charge in [0.15, 0.2) is 5.82 Å². The van der Waals surface area contributed by atoms with E-state index in [4.69, 9.17) is 0 Å². The third kappa shape index (κ3) is 2.07. The molecule has 0 N–H and O–H groups in total. The summed E-state index contributed by atoms with van der Waals surface area (Å²) in [4.78, 5) is 14.9. The first-order chi connectivity index (χ1) is 10.1. The number of carbonyl (C=O) groups is 1. The van der Waals surface area contributed by atoms with Crippen LogP contribution >= 0.6 is 0 Å². The molecule has 1 amide bonds. The second-order valence-corrected chi connectivity index (χ2v) is 7.58. The highest BCUT2D eigenvalue weighted by molar-refractivity contribution is 5.83. The highest BCUT2D eigenvalue weighted by Gasteiger charge is 2.55. The number of nitrogens with zero attached hydrogens (tertiary/aromatic N) is 5. The maximum atomic E-state index is 13.1. The van der Waals surface area contributed by atoms with Crippen molar-refractivity contribution in [1.29, 1.82) is 0 Å². The first-order valence-corrected chi connectivity index (χ1v) is 8.02. The Bertz CT molecular complexity index is 531. The molecule has 4 saturated carbocycles. The predicted octanol–water partition coefficient (Wildman–Crippen LogP) is 1.38. The van der Waals surface area contributed by atoms with Gasteiger partial charge in [0.25, 0.3) is 0 Å². The summed E-state index contributed by atoms with van der Waals surface area (Å²) >= 11 is 0. The first kappa shape index (κ1) is 13.2. The van der Waals surface area contributed by atoms with Gasteiger partial charge in [-0.2, -0.15) is 0 Å². The zero-order chi connectivity index (χ0) is 14.6. The largest absolute Gasteiger partial charge is 0.338 e.